The Bertz CT molecular complexity index is 792. The minimum absolute atomic E-state index is 0.156. The first kappa shape index (κ1) is 15.0. The molecule has 0 unspecified atom stereocenters. The molecule has 0 aliphatic heterocycles. The number of nitrogens with two attached hydrogens (primary N) is 1. The molecule has 1 aromatic heterocycles. The highest BCUT2D eigenvalue weighted by Gasteiger charge is 2.23. The van der Waals surface area contributed by atoms with Crippen LogP contribution in [0.4, 0.5) is 5.69 Å². The number of aromatic nitrogens is 2. The van der Waals surface area contributed by atoms with Crippen molar-refractivity contribution in [2.75, 3.05) is 4.72 Å². The number of hydrogen-bond acceptors (Lipinski definition) is 4. The van der Waals surface area contributed by atoms with Gasteiger partial charge in [-0.2, -0.15) is 5.10 Å². The molecule has 2 aromatic rings. The molecule has 2 rings (SSSR count). The molecule has 0 atom stereocenters. The van der Waals surface area contributed by atoms with E-state index in [2.05, 4.69) is 9.82 Å². The van der Waals surface area contributed by atoms with Crippen molar-refractivity contribution in [2.24, 2.45) is 12.8 Å². The zero-order chi connectivity index (χ0) is 15.8. The van der Waals surface area contributed by atoms with Crippen LogP contribution in [0.3, 0.4) is 0 Å². The molecule has 0 aliphatic carbocycles. The summed E-state index contributed by atoms with van der Waals surface area (Å²) in [4.78, 5) is 11.1. The topological polar surface area (TPSA) is 107 Å². The predicted octanol–water partition coefficient (Wildman–Crippen LogP) is 0.937. The van der Waals surface area contributed by atoms with E-state index in [1.54, 1.807) is 20.9 Å². The number of hydrogen-bond donors (Lipinski definition) is 2. The molecule has 21 heavy (non-hydrogen) atoms. The summed E-state index contributed by atoms with van der Waals surface area (Å²) in [6.45, 7) is 3.32. The summed E-state index contributed by atoms with van der Waals surface area (Å²) in [5.41, 5.74) is 6.77. The summed E-state index contributed by atoms with van der Waals surface area (Å²) < 4.78 is 28.8. The van der Waals surface area contributed by atoms with E-state index in [4.69, 9.17) is 5.73 Å². The minimum Gasteiger partial charge on any atom is -0.366 e. The van der Waals surface area contributed by atoms with E-state index >= 15 is 0 Å². The van der Waals surface area contributed by atoms with Gasteiger partial charge >= 0.3 is 0 Å². The average molecular weight is 308 g/mol. The van der Waals surface area contributed by atoms with E-state index in [9.17, 15) is 13.2 Å². The van der Waals surface area contributed by atoms with Gasteiger partial charge < -0.3 is 5.73 Å². The Hall–Kier alpha value is -2.35. The SMILES string of the molecule is Cc1nn(C)c(C)c1S(=O)(=O)Nc1ccc(C(N)=O)cc1. The lowest BCUT2D eigenvalue weighted by molar-refractivity contribution is 0.100. The summed E-state index contributed by atoms with van der Waals surface area (Å²) in [5, 5.41) is 4.09. The number of carbonyl (C=O) groups excluding carboxylic acids is 1. The smallest absolute Gasteiger partial charge is 0.265 e. The Kier molecular flexibility index (Phi) is 3.73. The third-order valence-corrected chi connectivity index (χ3v) is 4.77. The van der Waals surface area contributed by atoms with Crippen molar-refractivity contribution in [3.63, 3.8) is 0 Å². The lowest BCUT2D eigenvalue weighted by Gasteiger charge is -2.08. The Balaban J connectivity index is 2.35. The molecule has 0 bridgehead atoms. The molecule has 0 saturated heterocycles. The lowest BCUT2D eigenvalue weighted by Crippen LogP contribution is -2.15. The van der Waals surface area contributed by atoms with Crippen LogP contribution in [0.1, 0.15) is 21.7 Å². The van der Waals surface area contributed by atoms with Crippen LogP contribution in [-0.4, -0.2) is 24.1 Å². The molecular formula is C13H16N4O3S. The van der Waals surface area contributed by atoms with Gasteiger partial charge in [0.25, 0.3) is 10.0 Å². The average Bonchev–Trinajstić information content (AvgIpc) is 2.63. The predicted molar refractivity (Wildman–Crippen MR) is 78.5 cm³/mol. The fraction of sp³-hybridized carbons (Fsp3) is 0.231. The number of aryl methyl sites for hydroxylation is 2. The number of sulfonamides is 1. The van der Waals surface area contributed by atoms with E-state index in [-0.39, 0.29) is 4.90 Å². The number of rotatable bonds is 4. The van der Waals surface area contributed by atoms with Gasteiger partial charge in [0.05, 0.1) is 11.4 Å². The summed E-state index contributed by atoms with van der Waals surface area (Å²) >= 11 is 0. The summed E-state index contributed by atoms with van der Waals surface area (Å²) in [6.07, 6.45) is 0. The monoisotopic (exact) mass is 308 g/mol. The van der Waals surface area contributed by atoms with Crippen LogP contribution in [0, 0.1) is 13.8 Å². The quantitative estimate of drug-likeness (QED) is 0.876. The fourth-order valence-corrected chi connectivity index (χ4v) is 3.55. The number of benzene rings is 1. The van der Waals surface area contributed by atoms with Crippen LogP contribution < -0.4 is 10.5 Å². The highest BCUT2D eigenvalue weighted by atomic mass is 32.2. The van der Waals surface area contributed by atoms with E-state index in [1.165, 1.54) is 28.9 Å². The summed E-state index contributed by atoms with van der Waals surface area (Å²) in [5.74, 6) is -0.566. The van der Waals surface area contributed by atoms with E-state index in [0.29, 0.717) is 22.6 Å². The molecule has 0 fully saturated rings. The number of amides is 1. The molecule has 7 nitrogen and oxygen atoms in total. The van der Waals surface area contributed by atoms with Gasteiger partial charge in [0, 0.05) is 18.3 Å². The van der Waals surface area contributed by atoms with Crippen LogP contribution in [0.25, 0.3) is 0 Å². The molecule has 3 N–H and O–H groups in total. The van der Waals surface area contributed by atoms with Gasteiger partial charge in [0.1, 0.15) is 4.90 Å². The van der Waals surface area contributed by atoms with Gasteiger partial charge in [-0.3, -0.25) is 14.2 Å². The first-order valence-corrected chi connectivity index (χ1v) is 7.63. The second-order valence-electron chi connectivity index (χ2n) is 4.67. The molecule has 1 amide bonds. The maximum atomic E-state index is 12.4. The second kappa shape index (κ2) is 5.21. The molecule has 0 radical (unpaired) electrons. The van der Waals surface area contributed by atoms with Gasteiger partial charge in [0.2, 0.25) is 5.91 Å². The van der Waals surface area contributed by atoms with Crippen LogP contribution in [0.15, 0.2) is 29.2 Å². The first-order valence-electron chi connectivity index (χ1n) is 6.15. The van der Waals surface area contributed by atoms with Crippen LogP contribution in [0.5, 0.6) is 0 Å². The van der Waals surface area contributed by atoms with Gasteiger partial charge in [-0.25, -0.2) is 8.42 Å². The molecule has 0 aliphatic rings. The molecule has 1 heterocycles. The van der Waals surface area contributed by atoms with Crippen LogP contribution >= 0.6 is 0 Å². The summed E-state index contributed by atoms with van der Waals surface area (Å²) in [6, 6.07) is 5.89. The Morgan fingerprint density at radius 3 is 2.24 bits per heavy atom. The Morgan fingerprint density at radius 1 is 1.24 bits per heavy atom. The third kappa shape index (κ3) is 2.89. The van der Waals surface area contributed by atoms with Gasteiger partial charge in [-0.05, 0) is 38.1 Å². The fourth-order valence-electron chi connectivity index (χ4n) is 2.05. The van der Waals surface area contributed by atoms with Gasteiger partial charge in [0.15, 0.2) is 0 Å². The normalized spacial score (nSPS) is 11.4. The van der Waals surface area contributed by atoms with Crippen LogP contribution in [-0.2, 0) is 17.1 Å². The number of anilines is 1. The lowest BCUT2D eigenvalue weighted by atomic mass is 10.2. The maximum Gasteiger partial charge on any atom is 0.265 e. The number of primary amides is 1. The zero-order valence-electron chi connectivity index (χ0n) is 11.9. The molecular weight excluding hydrogens is 292 g/mol. The van der Waals surface area contributed by atoms with Crippen molar-refractivity contribution in [2.45, 2.75) is 18.7 Å². The van der Waals surface area contributed by atoms with Crippen molar-refractivity contribution >= 4 is 21.6 Å². The molecule has 112 valence electrons. The first-order chi connectivity index (χ1) is 9.72. The van der Waals surface area contributed by atoms with Crippen molar-refractivity contribution in [1.29, 1.82) is 0 Å². The zero-order valence-corrected chi connectivity index (χ0v) is 12.7. The minimum atomic E-state index is -3.74. The van der Waals surface area contributed by atoms with Gasteiger partial charge in [-0.1, -0.05) is 0 Å². The standard InChI is InChI=1S/C13H16N4O3S/c1-8-12(9(2)17(3)15-8)21(19,20)16-11-6-4-10(5-7-11)13(14)18/h4-7,16H,1-3H3,(H2,14,18). The molecule has 0 saturated carbocycles. The van der Waals surface area contributed by atoms with E-state index in [1.807, 2.05) is 0 Å². The van der Waals surface area contributed by atoms with Gasteiger partial charge in [-0.15, -0.1) is 0 Å². The highest BCUT2D eigenvalue weighted by molar-refractivity contribution is 7.92. The number of carbonyl (C=O) groups is 1. The Morgan fingerprint density at radius 2 is 1.81 bits per heavy atom. The third-order valence-electron chi connectivity index (χ3n) is 3.13. The number of nitrogens with zero attached hydrogens (tertiary/aromatic N) is 2. The van der Waals surface area contributed by atoms with Crippen molar-refractivity contribution in [1.82, 2.24) is 9.78 Å². The van der Waals surface area contributed by atoms with E-state index in [0.717, 1.165) is 0 Å². The molecule has 0 spiro atoms. The summed E-state index contributed by atoms with van der Waals surface area (Å²) in [7, 11) is -2.05. The highest BCUT2D eigenvalue weighted by Crippen LogP contribution is 2.22. The number of nitrogens with one attached hydrogen (secondary N) is 1. The largest absolute Gasteiger partial charge is 0.366 e. The van der Waals surface area contributed by atoms with Crippen molar-refractivity contribution in [3.05, 3.63) is 41.2 Å². The second-order valence-corrected chi connectivity index (χ2v) is 6.29. The Labute approximate surface area is 122 Å². The van der Waals surface area contributed by atoms with Crippen LogP contribution in [0.2, 0.25) is 0 Å². The van der Waals surface area contributed by atoms with Crippen molar-refractivity contribution < 1.29 is 13.2 Å². The van der Waals surface area contributed by atoms with E-state index < -0.39 is 15.9 Å². The molecule has 8 heteroatoms. The maximum absolute atomic E-state index is 12.4. The molecule has 1 aromatic carbocycles. The van der Waals surface area contributed by atoms with Crippen molar-refractivity contribution in [3.8, 4) is 0 Å².